The molecule has 144 valence electrons. The van der Waals surface area contributed by atoms with Gasteiger partial charge in [0.05, 0.1) is 13.0 Å². The van der Waals surface area contributed by atoms with Gasteiger partial charge in [0.1, 0.15) is 5.75 Å². The van der Waals surface area contributed by atoms with Crippen LogP contribution in [0.5, 0.6) is 5.75 Å². The molecule has 2 N–H and O–H groups in total. The third-order valence-electron chi connectivity index (χ3n) is 5.85. The van der Waals surface area contributed by atoms with Crippen LogP contribution in [-0.2, 0) is 4.79 Å². The molecular formula is C24H26N2O2. The van der Waals surface area contributed by atoms with Gasteiger partial charge < -0.3 is 15.4 Å². The lowest BCUT2D eigenvalue weighted by molar-refractivity contribution is -0.131. The zero-order valence-electron chi connectivity index (χ0n) is 16.3. The number of hydrogen-bond donors (Lipinski definition) is 1. The largest absolute Gasteiger partial charge is 0.497 e. The molecule has 1 heterocycles. The number of methoxy groups -OCH3 is 1. The number of ether oxygens (including phenoxy) is 1. The topological polar surface area (TPSA) is 55.6 Å². The average Bonchev–Trinajstić information content (AvgIpc) is 3.14. The second-order valence-corrected chi connectivity index (χ2v) is 7.62. The molecule has 0 saturated carbocycles. The molecular weight excluding hydrogens is 348 g/mol. The molecule has 4 heteroatoms. The van der Waals surface area contributed by atoms with Crippen LogP contribution in [0.25, 0.3) is 10.8 Å². The molecule has 1 aliphatic heterocycles. The fraction of sp³-hybridized carbons (Fsp3) is 0.292. The monoisotopic (exact) mass is 374 g/mol. The Morgan fingerprint density at radius 2 is 1.75 bits per heavy atom. The van der Waals surface area contributed by atoms with Gasteiger partial charge in [0, 0.05) is 25.0 Å². The number of amides is 1. The second kappa shape index (κ2) is 7.64. The second-order valence-electron chi connectivity index (χ2n) is 7.62. The zero-order chi connectivity index (χ0) is 19.7. The Hall–Kier alpha value is -2.85. The van der Waals surface area contributed by atoms with E-state index in [1.54, 1.807) is 7.11 Å². The van der Waals surface area contributed by atoms with Crippen LogP contribution in [0.15, 0.2) is 66.7 Å². The van der Waals surface area contributed by atoms with Crippen molar-refractivity contribution < 1.29 is 9.53 Å². The molecule has 3 aromatic carbocycles. The molecule has 28 heavy (non-hydrogen) atoms. The van der Waals surface area contributed by atoms with Crippen molar-refractivity contribution >= 4 is 16.7 Å². The summed E-state index contributed by atoms with van der Waals surface area (Å²) >= 11 is 0. The highest BCUT2D eigenvalue weighted by molar-refractivity contribution is 5.88. The highest BCUT2D eigenvalue weighted by Gasteiger charge is 2.35. The first-order valence-electron chi connectivity index (χ1n) is 9.74. The number of hydrogen-bond acceptors (Lipinski definition) is 3. The predicted molar refractivity (Wildman–Crippen MR) is 113 cm³/mol. The third kappa shape index (κ3) is 3.48. The molecule has 1 saturated heterocycles. The molecule has 3 atom stereocenters. The normalized spacial score (nSPS) is 20.3. The van der Waals surface area contributed by atoms with Gasteiger partial charge in [0.15, 0.2) is 0 Å². The van der Waals surface area contributed by atoms with Gasteiger partial charge in [-0.15, -0.1) is 0 Å². The summed E-state index contributed by atoms with van der Waals surface area (Å²) in [5.74, 6) is 0.971. The van der Waals surface area contributed by atoms with Crippen LogP contribution in [0.1, 0.15) is 29.9 Å². The Morgan fingerprint density at radius 3 is 2.50 bits per heavy atom. The first-order chi connectivity index (χ1) is 13.6. The van der Waals surface area contributed by atoms with Crippen molar-refractivity contribution in [1.29, 1.82) is 0 Å². The van der Waals surface area contributed by atoms with Gasteiger partial charge in [-0.05, 0) is 41.0 Å². The molecule has 1 amide bonds. The van der Waals surface area contributed by atoms with Crippen molar-refractivity contribution in [2.45, 2.75) is 24.8 Å². The summed E-state index contributed by atoms with van der Waals surface area (Å²) in [5, 5.41) is 2.22. The van der Waals surface area contributed by atoms with Crippen molar-refractivity contribution in [1.82, 2.24) is 4.90 Å². The Balaban J connectivity index is 1.52. The minimum atomic E-state index is -0.201. The van der Waals surface area contributed by atoms with Crippen molar-refractivity contribution in [2.75, 3.05) is 20.2 Å². The molecule has 0 aromatic heterocycles. The van der Waals surface area contributed by atoms with E-state index < -0.39 is 0 Å². The lowest BCUT2D eigenvalue weighted by Gasteiger charge is -2.21. The van der Waals surface area contributed by atoms with Crippen molar-refractivity contribution in [3.8, 4) is 5.75 Å². The first-order valence-corrected chi connectivity index (χ1v) is 9.74. The molecule has 1 fully saturated rings. The standard InChI is InChI=1S/C24H26N2O2/c1-16(18-8-9-20-13-21(28-2)11-10-19(20)12-18)24(27)26-14-22(23(25)15-26)17-6-4-3-5-7-17/h3-13,16,22-23H,14-15,25H2,1-2H3/t16?,22-,23+/m0/s1. The maximum absolute atomic E-state index is 13.2. The SMILES string of the molecule is COc1ccc2cc(C(C)C(=O)N3C[C@@H](N)[C@H](c4ccccc4)C3)ccc2c1. The van der Waals surface area contributed by atoms with Crippen LogP contribution in [0.4, 0.5) is 0 Å². The van der Waals surface area contributed by atoms with Gasteiger partial charge in [-0.3, -0.25) is 4.79 Å². The molecule has 4 rings (SSSR count). The number of nitrogens with two attached hydrogens (primary N) is 1. The van der Waals surface area contributed by atoms with Crippen molar-refractivity contribution in [3.63, 3.8) is 0 Å². The molecule has 3 aromatic rings. The number of nitrogens with zero attached hydrogens (tertiary/aromatic N) is 1. The summed E-state index contributed by atoms with van der Waals surface area (Å²) in [6, 6.07) is 22.4. The lowest BCUT2D eigenvalue weighted by Crippen LogP contribution is -2.34. The molecule has 0 aliphatic carbocycles. The predicted octanol–water partition coefficient (Wildman–Crippen LogP) is 3.91. The third-order valence-corrected chi connectivity index (χ3v) is 5.85. The lowest BCUT2D eigenvalue weighted by atomic mass is 9.95. The summed E-state index contributed by atoms with van der Waals surface area (Å²) in [6.07, 6.45) is 0. The van der Waals surface area contributed by atoms with E-state index in [1.165, 1.54) is 5.56 Å². The zero-order valence-corrected chi connectivity index (χ0v) is 16.3. The van der Waals surface area contributed by atoms with Gasteiger partial charge in [-0.1, -0.05) is 54.6 Å². The molecule has 0 bridgehead atoms. The minimum absolute atomic E-state index is 0.0254. The number of fused-ring (bicyclic) bond motifs is 1. The maximum atomic E-state index is 13.2. The number of benzene rings is 3. The minimum Gasteiger partial charge on any atom is -0.497 e. The highest BCUT2D eigenvalue weighted by atomic mass is 16.5. The van der Waals surface area contributed by atoms with Crippen molar-refractivity contribution in [3.05, 3.63) is 77.9 Å². The Kier molecular flexibility index (Phi) is 5.05. The van der Waals surface area contributed by atoms with E-state index in [1.807, 2.05) is 54.3 Å². The van der Waals surface area contributed by atoms with Crippen LogP contribution in [0.3, 0.4) is 0 Å². The van der Waals surface area contributed by atoms with Crippen molar-refractivity contribution in [2.24, 2.45) is 5.73 Å². The van der Waals surface area contributed by atoms with E-state index in [9.17, 15) is 4.79 Å². The van der Waals surface area contributed by atoms with E-state index in [2.05, 4.69) is 24.3 Å². The smallest absolute Gasteiger partial charge is 0.229 e. The molecule has 0 spiro atoms. The van der Waals surface area contributed by atoms with E-state index in [0.29, 0.717) is 13.1 Å². The number of carbonyl (C=O) groups is 1. The highest BCUT2D eigenvalue weighted by Crippen LogP contribution is 2.30. The van der Waals surface area contributed by atoms with E-state index in [0.717, 1.165) is 22.1 Å². The summed E-state index contributed by atoms with van der Waals surface area (Å²) in [6.45, 7) is 3.26. The maximum Gasteiger partial charge on any atom is 0.229 e. The summed E-state index contributed by atoms with van der Waals surface area (Å²) < 4.78 is 5.29. The number of rotatable bonds is 4. The van der Waals surface area contributed by atoms with Crippen LogP contribution in [0, 0.1) is 0 Å². The van der Waals surface area contributed by atoms with Crippen LogP contribution in [-0.4, -0.2) is 37.0 Å². The first kappa shape index (κ1) is 18.5. The molecule has 1 unspecified atom stereocenters. The quantitative estimate of drug-likeness (QED) is 0.753. The van der Waals surface area contributed by atoms with Crippen LogP contribution in [0.2, 0.25) is 0 Å². The summed E-state index contributed by atoms with van der Waals surface area (Å²) in [4.78, 5) is 15.1. The Labute approximate surface area is 165 Å². The molecule has 0 radical (unpaired) electrons. The van der Waals surface area contributed by atoms with E-state index >= 15 is 0 Å². The van der Waals surface area contributed by atoms with E-state index in [4.69, 9.17) is 10.5 Å². The number of carbonyl (C=O) groups excluding carboxylic acids is 1. The fourth-order valence-corrected chi connectivity index (χ4v) is 4.12. The fourth-order valence-electron chi connectivity index (χ4n) is 4.12. The Bertz CT molecular complexity index is 986. The van der Waals surface area contributed by atoms with Gasteiger partial charge >= 0.3 is 0 Å². The Morgan fingerprint density at radius 1 is 1.04 bits per heavy atom. The van der Waals surface area contributed by atoms with Gasteiger partial charge in [0.25, 0.3) is 0 Å². The summed E-state index contributed by atoms with van der Waals surface area (Å²) in [5.41, 5.74) is 8.61. The summed E-state index contributed by atoms with van der Waals surface area (Å²) in [7, 11) is 1.67. The average molecular weight is 374 g/mol. The van der Waals surface area contributed by atoms with Crippen LogP contribution < -0.4 is 10.5 Å². The van der Waals surface area contributed by atoms with Gasteiger partial charge in [0.2, 0.25) is 5.91 Å². The van der Waals surface area contributed by atoms with Gasteiger partial charge in [-0.25, -0.2) is 0 Å². The number of likely N-dealkylation sites (tertiary alicyclic amines) is 1. The van der Waals surface area contributed by atoms with Crippen LogP contribution >= 0.6 is 0 Å². The van der Waals surface area contributed by atoms with Gasteiger partial charge in [-0.2, -0.15) is 0 Å². The molecule has 4 nitrogen and oxygen atoms in total. The molecule has 1 aliphatic rings. The van der Waals surface area contributed by atoms with E-state index in [-0.39, 0.29) is 23.8 Å².